The quantitative estimate of drug-likeness (QED) is 0.397. The molecule has 4 N–H and O–H groups in total. The summed E-state index contributed by atoms with van der Waals surface area (Å²) in [7, 11) is 1.20. The number of aryl methyl sites for hydroxylation is 1. The molecule has 1 aromatic heterocycles. The van der Waals surface area contributed by atoms with E-state index in [1.54, 1.807) is 29.7 Å². The number of rotatable bonds is 5. The number of carbonyl (C=O) groups is 1. The molecule has 0 amide bonds. The fraction of sp³-hybridized carbons (Fsp3) is 0.167. The first-order chi connectivity index (χ1) is 15.8. The molecular formula is C24H23N3O6. The van der Waals surface area contributed by atoms with Gasteiger partial charge in [-0.3, -0.25) is 4.79 Å². The van der Waals surface area contributed by atoms with Crippen molar-refractivity contribution in [2.24, 2.45) is 5.73 Å². The first-order valence-corrected chi connectivity index (χ1v) is 10.2. The summed E-state index contributed by atoms with van der Waals surface area (Å²) in [5, 5.41) is 19.9. The Balaban J connectivity index is 1.96. The lowest BCUT2D eigenvalue weighted by Crippen LogP contribution is -2.99. The van der Waals surface area contributed by atoms with Crippen molar-refractivity contribution in [1.29, 1.82) is 0 Å². The Kier molecular flexibility index (Phi) is 6.01. The largest absolute Gasteiger partial charge is 0.595 e. The van der Waals surface area contributed by atoms with Gasteiger partial charge in [0.15, 0.2) is 5.69 Å². The smallest absolute Gasteiger partial charge is 0.340 e. The summed E-state index contributed by atoms with van der Waals surface area (Å²) in [6.07, 6.45) is 0. The Bertz CT molecular complexity index is 1300. The summed E-state index contributed by atoms with van der Waals surface area (Å²) in [6.45, 7) is 2.09. The van der Waals surface area contributed by atoms with Gasteiger partial charge in [-0.25, -0.2) is 10.0 Å². The molecule has 0 radical (unpaired) electrons. The van der Waals surface area contributed by atoms with Gasteiger partial charge < -0.3 is 25.0 Å². The average Bonchev–Trinajstić information content (AvgIpc) is 2.81. The number of quaternary nitrogens is 1. The Morgan fingerprint density at radius 2 is 1.94 bits per heavy atom. The maximum Gasteiger partial charge on any atom is 0.340 e. The number of pyridine rings is 1. The summed E-state index contributed by atoms with van der Waals surface area (Å²) in [4.78, 5) is 26.4. The zero-order valence-electron chi connectivity index (χ0n) is 18.1. The van der Waals surface area contributed by atoms with Gasteiger partial charge in [0.05, 0.1) is 25.1 Å². The van der Waals surface area contributed by atoms with Gasteiger partial charge in [0.1, 0.15) is 11.3 Å². The molecule has 0 spiro atoms. The molecule has 0 saturated carbocycles. The van der Waals surface area contributed by atoms with Gasteiger partial charge >= 0.3 is 5.97 Å². The van der Waals surface area contributed by atoms with Crippen molar-refractivity contribution >= 4 is 11.7 Å². The normalized spacial score (nSPS) is 16.1. The minimum absolute atomic E-state index is 0.0139. The van der Waals surface area contributed by atoms with Crippen LogP contribution in [0.5, 0.6) is 5.75 Å². The molecule has 9 nitrogen and oxygen atoms in total. The number of carbonyl (C=O) groups excluding carboxylic acids is 1. The molecule has 33 heavy (non-hydrogen) atoms. The second kappa shape index (κ2) is 8.91. The number of fused-ring (bicyclic) bond motifs is 1. The molecule has 0 bridgehead atoms. The third-order valence-electron chi connectivity index (χ3n) is 5.63. The molecule has 0 saturated heterocycles. The lowest BCUT2D eigenvalue weighted by Gasteiger charge is -2.29. The van der Waals surface area contributed by atoms with E-state index < -0.39 is 17.1 Å². The van der Waals surface area contributed by atoms with Crippen molar-refractivity contribution in [3.8, 4) is 5.75 Å². The number of nitrogens with zero attached hydrogens (tertiary/aromatic N) is 1. The molecule has 2 aromatic carbocycles. The van der Waals surface area contributed by atoms with Crippen LogP contribution >= 0.6 is 0 Å². The maximum atomic E-state index is 13.8. The molecule has 4 rings (SSSR count). The van der Waals surface area contributed by atoms with Gasteiger partial charge in [0, 0.05) is 23.9 Å². The van der Waals surface area contributed by atoms with Gasteiger partial charge in [-0.1, -0.05) is 42.5 Å². The number of ether oxygens (including phenoxy) is 2. The predicted octanol–water partition coefficient (Wildman–Crippen LogP) is 1.48. The average molecular weight is 449 g/mol. The monoisotopic (exact) mass is 449 g/mol. The zero-order valence-corrected chi connectivity index (χ0v) is 18.1. The van der Waals surface area contributed by atoms with E-state index in [4.69, 9.17) is 15.2 Å². The first kappa shape index (κ1) is 22.3. The number of hydrogen-bond acceptors (Lipinski definition) is 7. The second-order valence-corrected chi connectivity index (χ2v) is 7.68. The van der Waals surface area contributed by atoms with E-state index in [1.165, 1.54) is 19.2 Å². The fourth-order valence-corrected chi connectivity index (χ4v) is 4.04. The van der Waals surface area contributed by atoms with E-state index in [0.29, 0.717) is 17.8 Å². The Morgan fingerprint density at radius 3 is 2.61 bits per heavy atom. The molecule has 1 aliphatic heterocycles. The number of benzene rings is 2. The third-order valence-corrected chi connectivity index (χ3v) is 5.63. The van der Waals surface area contributed by atoms with Crippen molar-refractivity contribution in [1.82, 2.24) is 4.57 Å². The van der Waals surface area contributed by atoms with Crippen molar-refractivity contribution < 1.29 is 24.7 Å². The van der Waals surface area contributed by atoms with Crippen molar-refractivity contribution in [2.45, 2.75) is 19.4 Å². The predicted molar refractivity (Wildman–Crippen MR) is 119 cm³/mol. The molecule has 0 fully saturated rings. The maximum absolute atomic E-state index is 13.8. The van der Waals surface area contributed by atoms with Crippen LogP contribution in [0.25, 0.3) is 0 Å². The van der Waals surface area contributed by atoms with Crippen molar-refractivity contribution in [3.05, 3.63) is 110 Å². The Hall–Kier alpha value is -3.92. The van der Waals surface area contributed by atoms with Crippen LogP contribution in [0.1, 0.15) is 28.3 Å². The van der Waals surface area contributed by atoms with Gasteiger partial charge in [-0.2, -0.15) is 5.23 Å². The number of nitrogens with one attached hydrogen (secondary N) is 1. The second-order valence-electron chi connectivity index (χ2n) is 7.68. The van der Waals surface area contributed by atoms with E-state index in [1.807, 2.05) is 30.3 Å². The molecule has 2 atom stereocenters. The SMILES string of the molecule is COC(=O)C1=C(N)Oc2cc(C)n(Cc3ccccc3)c(=O)c2C1c1cccc([NH+]([O-])O)c1. The topological polar surface area (TPSA) is 131 Å². The highest BCUT2D eigenvalue weighted by molar-refractivity contribution is 5.92. The van der Waals surface area contributed by atoms with Crippen LogP contribution in [0.3, 0.4) is 0 Å². The van der Waals surface area contributed by atoms with E-state index in [2.05, 4.69) is 0 Å². The van der Waals surface area contributed by atoms with Crippen LogP contribution in [-0.4, -0.2) is 22.9 Å². The van der Waals surface area contributed by atoms with E-state index in [9.17, 15) is 20.0 Å². The molecule has 1 aliphatic rings. The molecule has 2 heterocycles. The van der Waals surface area contributed by atoms with E-state index in [0.717, 1.165) is 5.56 Å². The van der Waals surface area contributed by atoms with E-state index in [-0.39, 0.29) is 34.0 Å². The molecular weight excluding hydrogens is 426 g/mol. The number of hydrogen-bond donors (Lipinski definition) is 3. The number of nitrogens with two attached hydrogens (primary N) is 1. The van der Waals surface area contributed by atoms with Crippen molar-refractivity contribution in [3.63, 3.8) is 0 Å². The van der Waals surface area contributed by atoms with Gasteiger partial charge in [-0.05, 0) is 18.1 Å². The van der Waals surface area contributed by atoms with Gasteiger partial charge in [0.25, 0.3) is 5.56 Å². The summed E-state index contributed by atoms with van der Waals surface area (Å²) >= 11 is 0. The molecule has 170 valence electrons. The Labute approximate surface area is 189 Å². The van der Waals surface area contributed by atoms with Crippen LogP contribution in [0.4, 0.5) is 5.69 Å². The van der Waals surface area contributed by atoms with E-state index >= 15 is 0 Å². The minimum atomic E-state index is -1.13. The summed E-state index contributed by atoms with van der Waals surface area (Å²) in [6, 6.07) is 17.2. The fourth-order valence-electron chi connectivity index (χ4n) is 4.04. The van der Waals surface area contributed by atoms with Crippen LogP contribution < -0.4 is 21.3 Å². The number of aromatic nitrogens is 1. The Morgan fingerprint density at radius 1 is 1.21 bits per heavy atom. The van der Waals surface area contributed by atoms with Crippen LogP contribution in [0, 0.1) is 12.1 Å². The highest BCUT2D eigenvalue weighted by Gasteiger charge is 2.38. The van der Waals surface area contributed by atoms with Gasteiger partial charge in [0.2, 0.25) is 5.88 Å². The number of methoxy groups -OCH3 is 1. The minimum Gasteiger partial charge on any atom is -0.595 e. The molecule has 0 aliphatic carbocycles. The highest BCUT2D eigenvalue weighted by Crippen LogP contribution is 2.41. The molecule has 3 aromatic rings. The third kappa shape index (κ3) is 4.12. The first-order valence-electron chi connectivity index (χ1n) is 10.2. The lowest BCUT2D eigenvalue weighted by molar-refractivity contribution is -0.991. The van der Waals surface area contributed by atoms with Crippen LogP contribution in [-0.2, 0) is 16.1 Å². The van der Waals surface area contributed by atoms with Crippen molar-refractivity contribution in [2.75, 3.05) is 7.11 Å². The molecule has 9 heteroatoms. The number of esters is 1. The van der Waals surface area contributed by atoms with Gasteiger partial charge in [-0.15, -0.1) is 0 Å². The highest BCUT2D eigenvalue weighted by atomic mass is 16.8. The van der Waals surface area contributed by atoms with Crippen LogP contribution in [0.2, 0.25) is 0 Å². The summed E-state index contributed by atoms with van der Waals surface area (Å²) in [5.41, 5.74) is 7.85. The van der Waals surface area contributed by atoms with Crippen LogP contribution in [0.15, 0.2) is 76.9 Å². The lowest BCUT2D eigenvalue weighted by atomic mass is 9.83. The standard InChI is InChI=1S/C24H23N3O6/c1-14-11-18-20(23(28)26(14)13-15-7-4-3-5-8-15)19(21(22(25)33-18)24(29)32-2)16-9-6-10-17(12-16)27(30)31/h3-12,19,27,30H,13,25H2,1-2H3. The summed E-state index contributed by atoms with van der Waals surface area (Å²) < 4.78 is 12.2. The zero-order chi connectivity index (χ0) is 23.7. The molecule has 2 unspecified atom stereocenters. The summed E-state index contributed by atoms with van der Waals surface area (Å²) in [5.74, 6) is -1.70.